The van der Waals surface area contributed by atoms with Gasteiger partial charge in [0, 0.05) is 5.92 Å². The fourth-order valence-electron chi connectivity index (χ4n) is 9.12. The summed E-state index contributed by atoms with van der Waals surface area (Å²) in [5, 5.41) is 10.4. The molecule has 49 heavy (non-hydrogen) atoms. The van der Waals surface area contributed by atoms with Crippen molar-refractivity contribution in [2.24, 2.45) is 5.92 Å². The second-order valence-electron chi connectivity index (χ2n) is 14.5. The summed E-state index contributed by atoms with van der Waals surface area (Å²) in [5.74, 6) is 0.892. The molecule has 0 nitrogen and oxygen atoms in total. The van der Waals surface area contributed by atoms with Crippen LogP contribution < -0.4 is 10.4 Å². The Morgan fingerprint density at radius 1 is 0.429 bits per heavy atom. The molecule has 0 amide bonds. The lowest BCUT2D eigenvalue weighted by atomic mass is 9.74. The second kappa shape index (κ2) is 10.6. The lowest BCUT2D eigenvalue weighted by Crippen LogP contribution is -2.35. The van der Waals surface area contributed by atoms with Crippen molar-refractivity contribution >= 4 is 44.5 Å². The van der Waals surface area contributed by atoms with Crippen LogP contribution in [0.3, 0.4) is 0 Å². The highest BCUT2D eigenvalue weighted by atomic mass is 14.5. The average molecular weight is 625 g/mol. The first kappa shape index (κ1) is 28.3. The maximum atomic E-state index is 2.52. The Kier molecular flexibility index (Phi) is 6.15. The summed E-state index contributed by atoms with van der Waals surface area (Å²) in [6.45, 7) is 4.86. The molecular weight excluding hydrogens is 589 g/mol. The van der Waals surface area contributed by atoms with Gasteiger partial charge < -0.3 is 0 Å². The van der Waals surface area contributed by atoms with E-state index in [9.17, 15) is 0 Å². The molecule has 0 saturated heterocycles. The van der Waals surface area contributed by atoms with Gasteiger partial charge in [0.05, 0.1) is 0 Å². The standard InChI is InChI=1S/C49H36/c1-49(2)45-30-36(26-27-38(45)44-28-34-13-3-4-14-35(34)29-46(44)49)31-22-24-33(25-23-31)47-40-17-7-9-19-42(40)48(43-20-10-8-18-41(43)47)39-21-11-15-32-12-5-6-16-37(32)39/h3-30,44,46H,1-2H3. The minimum Gasteiger partial charge on any atom is -0.0718 e. The molecule has 0 aromatic heterocycles. The van der Waals surface area contributed by atoms with E-state index in [0.29, 0.717) is 11.8 Å². The van der Waals surface area contributed by atoms with Crippen LogP contribution in [0.25, 0.3) is 77.9 Å². The zero-order valence-electron chi connectivity index (χ0n) is 27.8. The van der Waals surface area contributed by atoms with Crippen LogP contribution in [0.1, 0.15) is 30.9 Å². The molecule has 0 spiro atoms. The van der Waals surface area contributed by atoms with Gasteiger partial charge in [-0.15, -0.1) is 0 Å². The van der Waals surface area contributed by atoms with Gasteiger partial charge in [-0.2, -0.15) is 0 Å². The summed E-state index contributed by atoms with van der Waals surface area (Å²) in [6.07, 6.45) is 5.02. The van der Waals surface area contributed by atoms with E-state index in [-0.39, 0.29) is 5.41 Å². The molecule has 8 aromatic rings. The molecule has 0 heteroatoms. The van der Waals surface area contributed by atoms with Gasteiger partial charge in [-0.25, -0.2) is 0 Å². The first-order valence-electron chi connectivity index (χ1n) is 17.5. The van der Waals surface area contributed by atoms with Gasteiger partial charge in [-0.3, -0.25) is 0 Å². The minimum atomic E-state index is 0.0592. The van der Waals surface area contributed by atoms with Gasteiger partial charge in [0.1, 0.15) is 0 Å². The summed E-state index contributed by atoms with van der Waals surface area (Å²) in [5.41, 5.74) is 10.7. The summed E-state index contributed by atoms with van der Waals surface area (Å²) in [4.78, 5) is 0. The normalized spacial score (nSPS) is 17.3. The first-order chi connectivity index (χ1) is 24.1. The van der Waals surface area contributed by atoms with E-state index in [2.05, 4.69) is 184 Å². The van der Waals surface area contributed by atoms with Crippen molar-refractivity contribution in [3.05, 3.63) is 179 Å². The highest BCUT2D eigenvalue weighted by Gasteiger charge is 2.44. The Morgan fingerprint density at radius 3 is 1.65 bits per heavy atom. The number of rotatable bonds is 3. The fraction of sp³-hybridized carbons (Fsp3) is 0.102. The van der Waals surface area contributed by atoms with Crippen molar-refractivity contribution in [1.29, 1.82) is 0 Å². The van der Waals surface area contributed by atoms with E-state index in [0.717, 1.165) is 0 Å². The van der Waals surface area contributed by atoms with Crippen LogP contribution in [-0.2, 0) is 5.41 Å². The second-order valence-corrected chi connectivity index (χ2v) is 14.5. The van der Waals surface area contributed by atoms with Crippen molar-refractivity contribution < 1.29 is 0 Å². The van der Waals surface area contributed by atoms with Gasteiger partial charge in [-0.1, -0.05) is 184 Å². The Hall–Kier alpha value is -5.72. The van der Waals surface area contributed by atoms with Crippen LogP contribution in [0, 0.1) is 5.92 Å². The third-order valence-corrected chi connectivity index (χ3v) is 11.5. The van der Waals surface area contributed by atoms with Crippen LogP contribution in [0.15, 0.2) is 158 Å². The molecule has 0 N–H and O–H groups in total. The van der Waals surface area contributed by atoms with Gasteiger partial charge in [-0.05, 0) is 98.6 Å². The monoisotopic (exact) mass is 624 g/mol. The topological polar surface area (TPSA) is 0 Å². The van der Waals surface area contributed by atoms with Crippen molar-refractivity contribution in [3.63, 3.8) is 0 Å². The summed E-state index contributed by atoms with van der Waals surface area (Å²) < 4.78 is 0. The molecule has 2 aliphatic carbocycles. The molecular formula is C49H36. The highest BCUT2D eigenvalue weighted by Crippen LogP contribution is 2.53. The molecule has 232 valence electrons. The number of hydrogen-bond donors (Lipinski definition) is 0. The summed E-state index contributed by atoms with van der Waals surface area (Å²) in [6, 6.07) is 58.7. The molecule has 10 rings (SSSR count). The Labute approximate surface area is 287 Å². The van der Waals surface area contributed by atoms with Crippen molar-refractivity contribution in [1.82, 2.24) is 0 Å². The van der Waals surface area contributed by atoms with E-state index in [4.69, 9.17) is 0 Å². The molecule has 8 aromatic carbocycles. The zero-order chi connectivity index (χ0) is 32.7. The highest BCUT2D eigenvalue weighted by molar-refractivity contribution is 6.23. The van der Waals surface area contributed by atoms with Crippen LogP contribution in [0.5, 0.6) is 0 Å². The lowest BCUT2D eigenvalue weighted by Gasteiger charge is -2.29. The van der Waals surface area contributed by atoms with E-state index < -0.39 is 0 Å². The molecule has 2 aliphatic rings. The van der Waals surface area contributed by atoms with Gasteiger partial charge in [0.2, 0.25) is 0 Å². The minimum absolute atomic E-state index is 0.0592. The van der Waals surface area contributed by atoms with Crippen LogP contribution >= 0.6 is 0 Å². The smallest absolute Gasteiger partial charge is 0.0102 e. The van der Waals surface area contributed by atoms with Gasteiger partial charge >= 0.3 is 0 Å². The number of hydrogen-bond acceptors (Lipinski definition) is 0. The molecule has 0 radical (unpaired) electrons. The molecule has 0 fully saturated rings. The molecule has 0 heterocycles. The Bertz CT molecular complexity index is 2680. The molecule has 0 aliphatic heterocycles. The maximum absolute atomic E-state index is 2.52. The molecule has 2 unspecified atom stereocenters. The third kappa shape index (κ3) is 4.23. The number of fused-ring (bicyclic) bond motifs is 7. The zero-order valence-corrected chi connectivity index (χ0v) is 27.8. The van der Waals surface area contributed by atoms with E-state index >= 15 is 0 Å². The van der Waals surface area contributed by atoms with Crippen molar-refractivity contribution in [2.75, 3.05) is 0 Å². The van der Waals surface area contributed by atoms with Crippen LogP contribution in [-0.4, -0.2) is 0 Å². The first-order valence-corrected chi connectivity index (χ1v) is 17.5. The Balaban J connectivity index is 1.10. The van der Waals surface area contributed by atoms with E-state index in [1.54, 1.807) is 0 Å². The number of benzene rings is 8. The predicted molar refractivity (Wildman–Crippen MR) is 209 cm³/mol. The molecule has 0 bridgehead atoms. The largest absolute Gasteiger partial charge is 0.0718 e. The van der Waals surface area contributed by atoms with Crippen molar-refractivity contribution in [3.8, 4) is 33.4 Å². The molecule has 2 atom stereocenters. The van der Waals surface area contributed by atoms with Crippen LogP contribution in [0.4, 0.5) is 0 Å². The summed E-state index contributed by atoms with van der Waals surface area (Å²) >= 11 is 0. The third-order valence-electron chi connectivity index (χ3n) is 11.5. The maximum Gasteiger partial charge on any atom is 0.0102 e. The van der Waals surface area contributed by atoms with Gasteiger partial charge in [0.25, 0.3) is 0 Å². The summed E-state index contributed by atoms with van der Waals surface area (Å²) in [7, 11) is 0. The lowest BCUT2D eigenvalue weighted by molar-refractivity contribution is 0.422. The SMILES string of the molecule is CC1(C)c2cc(-c3ccc(-c4c5ccccc5c(-c5cccc6ccccc56)c5ccccc45)cc3)ccc2C2C=c3ccccc3=CC21. The van der Waals surface area contributed by atoms with Gasteiger partial charge in [0.15, 0.2) is 0 Å². The van der Waals surface area contributed by atoms with Crippen molar-refractivity contribution in [2.45, 2.75) is 25.2 Å². The fourth-order valence-corrected chi connectivity index (χ4v) is 9.12. The van der Waals surface area contributed by atoms with Crippen LogP contribution in [0.2, 0.25) is 0 Å². The molecule has 0 saturated carbocycles. The van der Waals surface area contributed by atoms with E-state index in [1.165, 1.54) is 87.3 Å². The van der Waals surface area contributed by atoms with E-state index in [1.807, 2.05) is 0 Å². The Morgan fingerprint density at radius 2 is 0.959 bits per heavy atom. The average Bonchev–Trinajstić information content (AvgIpc) is 3.37. The quantitative estimate of drug-likeness (QED) is 0.172. The predicted octanol–water partition coefficient (Wildman–Crippen LogP) is 11.4.